The summed E-state index contributed by atoms with van der Waals surface area (Å²) in [4.78, 5) is 0.204. The second-order valence-electron chi connectivity index (χ2n) is 4.92. The Morgan fingerprint density at radius 2 is 2.00 bits per heavy atom. The van der Waals surface area contributed by atoms with Gasteiger partial charge in [-0.1, -0.05) is 0 Å². The lowest BCUT2D eigenvalue weighted by atomic mass is 10.2. The van der Waals surface area contributed by atoms with Crippen LogP contribution in [-0.2, 0) is 21.3 Å². The van der Waals surface area contributed by atoms with Crippen LogP contribution in [-0.4, -0.2) is 46.1 Å². The van der Waals surface area contributed by atoms with Crippen LogP contribution >= 0.6 is 0 Å². The molecule has 1 rings (SSSR count). The lowest BCUT2D eigenvalue weighted by Gasteiger charge is -2.19. The molecule has 0 atom stereocenters. The average Bonchev–Trinajstić information content (AvgIpc) is 2.45. The Hall–Kier alpha value is -1.15. The Morgan fingerprint density at radius 3 is 2.52 bits per heavy atom. The minimum absolute atomic E-state index is 0.0749. The number of likely N-dealkylation sites (N-methyl/N-ethyl adjacent to an activating group) is 1. The van der Waals surface area contributed by atoms with E-state index in [1.807, 2.05) is 13.8 Å². The number of ether oxygens (including phenoxy) is 2. The van der Waals surface area contributed by atoms with Crippen LogP contribution in [0.5, 0.6) is 5.75 Å². The first kappa shape index (κ1) is 17.9. The highest BCUT2D eigenvalue weighted by atomic mass is 32.2. The molecule has 21 heavy (non-hydrogen) atoms. The van der Waals surface area contributed by atoms with Crippen molar-refractivity contribution < 1.29 is 17.9 Å². The van der Waals surface area contributed by atoms with Gasteiger partial charge in [0.15, 0.2) is 0 Å². The molecule has 0 aliphatic carbocycles. The van der Waals surface area contributed by atoms with Crippen molar-refractivity contribution in [3.63, 3.8) is 0 Å². The second-order valence-corrected chi connectivity index (χ2v) is 6.97. The molecule has 0 aliphatic heterocycles. The lowest BCUT2D eigenvalue weighted by molar-refractivity contribution is 0.0737. The molecule has 0 radical (unpaired) electrons. The molecule has 0 aromatic heterocycles. The van der Waals surface area contributed by atoms with Gasteiger partial charge in [-0.05, 0) is 32.0 Å². The average molecular weight is 316 g/mol. The fraction of sp³-hybridized carbons (Fsp3) is 0.571. The van der Waals surface area contributed by atoms with E-state index < -0.39 is 10.0 Å². The van der Waals surface area contributed by atoms with E-state index in [1.54, 1.807) is 12.1 Å². The molecule has 1 aromatic rings. The molecule has 0 fully saturated rings. The van der Waals surface area contributed by atoms with Crippen LogP contribution in [0.2, 0.25) is 0 Å². The van der Waals surface area contributed by atoms with Gasteiger partial charge in [-0.3, -0.25) is 0 Å². The zero-order valence-electron chi connectivity index (χ0n) is 13.0. The smallest absolute Gasteiger partial charge is 0.242 e. The van der Waals surface area contributed by atoms with Gasteiger partial charge in [0.25, 0.3) is 0 Å². The van der Waals surface area contributed by atoms with Gasteiger partial charge in [-0.2, -0.15) is 4.31 Å². The summed E-state index contributed by atoms with van der Waals surface area (Å²) in [5.74, 6) is 0.585. The van der Waals surface area contributed by atoms with Crippen molar-refractivity contribution >= 4 is 10.0 Å². The number of hydrogen-bond donors (Lipinski definition) is 1. The normalized spacial score (nSPS) is 12.1. The zero-order valence-corrected chi connectivity index (χ0v) is 13.8. The first-order chi connectivity index (χ1) is 9.82. The van der Waals surface area contributed by atoms with E-state index in [2.05, 4.69) is 0 Å². The molecule has 0 amide bonds. The molecule has 2 N–H and O–H groups in total. The SMILES string of the molecule is COc1ccc(S(=O)(=O)N(C)CCOC(C)C)cc1CN. The number of rotatable bonds is 8. The third-order valence-electron chi connectivity index (χ3n) is 3.04. The standard InChI is InChI=1S/C14H24N2O4S/c1-11(2)20-8-7-16(3)21(17,18)13-5-6-14(19-4)12(9-13)10-15/h5-6,9,11H,7-8,10,15H2,1-4H3. The van der Waals surface area contributed by atoms with E-state index in [9.17, 15) is 8.42 Å². The molecule has 0 unspecified atom stereocenters. The summed E-state index contributed by atoms with van der Waals surface area (Å²) in [6.07, 6.45) is 0.0749. The van der Waals surface area contributed by atoms with E-state index >= 15 is 0 Å². The molecule has 7 heteroatoms. The summed E-state index contributed by atoms with van der Waals surface area (Å²) in [5, 5.41) is 0. The van der Waals surface area contributed by atoms with Crippen molar-refractivity contribution in [3.8, 4) is 5.75 Å². The van der Waals surface area contributed by atoms with E-state index in [4.69, 9.17) is 15.2 Å². The van der Waals surface area contributed by atoms with Crippen LogP contribution in [0.1, 0.15) is 19.4 Å². The predicted octanol–water partition coefficient (Wildman–Crippen LogP) is 1.20. The van der Waals surface area contributed by atoms with Gasteiger partial charge in [0.1, 0.15) is 5.75 Å². The highest BCUT2D eigenvalue weighted by Gasteiger charge is 2.21. The molecule has 0 bridgehead atoms. The summed E-state index contributed by atoms with van der Waals surface area (Å²) in [6.45, 7) is 4.68. The zero-order chi connectivity index (χ0) is 16.0. The van der Waals surface area contributed by atoms with Gasteiger partial charge >= 0.3 is 0 Å². The third kappa shape index (κ3) is 4.67. The Balaban J connectivity index is 2.91. The molecule has 0 saturated heterocycles. The Bertz CT molecular complexity index is 558. The first-order valence-electron chi connectivity index (χ1n) is 6.77. The van der Waals surface area contributed by atoms with Crippen LogP contribution in [0, 0.1) is 0 Å². The summed E-state index contributed by atoms with van der Waals surface area (Å²) in [6, 6.07) is 4.69. The summed E-state index contributed by atoms with van der Waals surface area (Å²) in [7, 11) is -0.493. The van der Waals surface area contributed by atoms with E-state index in [-0.39, 0.29) is 17.5 Å². The number of hydrogen-bond acceptors (Lipinski definition) is 5. The lowest BCUT2D eigenvalue weighted by Crippen LogP contribution is -2.31. The van der Waals surface area contributed by atoms with Crippen molar-refractivity contribution in [2.75, 3.05) is 27.3 Å². The maximum Gasteiger partial charge on any atom is 0.242 e. The molecule has 0 spiro atoms. The van der Waals surface area contributed by atoms with Gasteiger partial charge in [0, 0.05) is 25.7 Å². The van der Waals surface area contributed by atoms with Crippen molar-refractivity contribution in [2.45, 2.75) is 31.4 Å². The maximum absolute atomic E-state index is 12.5. The fourth-order valence-corrected chi connectivity index (χ4v) is 3.00. The quantitative estimate of drug-likeness (QED) is 0.779. The molecule has 0 aliphatic rings. The van der Waals surface area contributed by atoms with Crippen molar-refractivity contribution in [1.29, 1.82) is 0 Å². The molecule has 1 aromatic carbocycles. The van der Waals surface area contributed by atoms with Crippen LogP contribution in [0.4, 0.5) is 0 Å². The van der Waals surface area contributed by atoms with Crippen LogP contribution in [0.15, 0.2) is 23.1 Å². The fourth-order valence-electron chi connectivity index (χ4n) is 1.79. The van der Waals surface area contributed by atoms with Crippen molar-refractivity contribution in [2.24, 2.45) is 5.73 Å². The van der Waals surface area contributed by atoms with Gasteiger partial charge in [-0.25, -0.2) is 8.42 Å². The van der Waals surface area contributed by atoms with Gasteiger partial charge < -0.3 is 15.2 Å². The number of sulfonamides is 1. The highest BCUT2D eigenvalue weighted by molar-refractivity contribution is 7.89. The van der Waals surface area contributed by atoms with Gasteiger partial charge in [0.2, 0.25) is 10.0 Å². The molecule has 6 nitrogen and oxygen atoms in total. The minimum atomic E-state index is -3.55. The minimum Gasteiger partial charge on any atom is -0.496 e. The second kappa shape index (κ2) is 7.74. The molecular formula is C14H24N2O4S. The van der Waals surface area contributed by atoms with Crippen molar-refractivity contribution in [3.05, 3.63) is 23.8 Å². The number of methoxy groups -OCH3 is 1. The van der Waals surface area contributed by atoms with Gasteiger partial charge in [-0.15, -0.1) is 0 Å². The molecule has 0 saturated carbocycles. The Labute approximate surface area is 126 Å². The highest BCUT2D eigenvalue weighted by Crippen LogP contribution is 2.23. The van der Waals surface area contributed by atoms with E-state index in [0.717, 1.165) is 0 Å². The number of benzene rings is 1. The monoisotopic (exact) mass is 316 g/mol. The molecule has 0 heterocycles. The first-order valence-corrected chi connectivity index (χ1v) is 8.21. The van der Waals surface area contributed by atoms with Crippen LogP contribution < -0.4 is 10.5 Å². The summed E-state index contributed by atoms with van der Waals surface area (Å²) in [5.41, 5.74) is 6.28. The Kier molecular flexibility index (Phi) is 6.60. The van der Waals surface area contributed by atoms with E-state index in [1.165, 1.54) is 24.5 Å². The van der Waals surface area contributed by atoms with E-state index in [0.29, 0.717) is 24.5 Å². The van der Waals surface area contributed by atoms with Crippen LogP contribution in [0.3, 0.4) is 0 Å². The van der Waals surface area contributed by atoms with Gasteiger partial charge in [0.05, 0.1) is 24.7 Å². The van der Waals surface area contributed by atoms with Crippen molar-refractivity contribution in [1.82, 2.24) is 4.31 Å². The summed E-state index contributed by atoms with van der Waals surface area (Å²) < 4.78 is 36.7. The number of nitrogens with two attached hydrogens (primary N) is 1. The summed E-state index contributed by atoms with van der Waals surface area (Å²) >= 11 is 0. The number of nitrogens with zero attached hydrogens (tertiary/aromatic N) is 1. The molecular weight excluding hydrogens is 292 g/mol. The Morgan fingerprint density at radius 1 is 1.33 bits per heavy atom. The largest absolute Gasteiger partial charge is 0.496 e. The maximum atomic E-state index is 12.5. The topological polar surface area (TPSA) is 81.9 Å². The van der Waals surface area contributed by atoms with Crippen LogP contribution in [0.25, 0.3) is 0 Å². The molecule has 120 valence electrons. The predicted molar refractivity (Wildman–Crippen MR) is 81.8 cm³/mol. The third-order valence-corrected chi connectivity index (χ3v) is 4.89.